The number of carbonyl (C=O) groups is 1. The summed E-state index contributed by atoms with van der Waals surface area (Å²) in [6.07, 6.45) is 5.46. The van der Waals surface area contributed by atoms with Gasteiger partial charge in [-0.2, -0.15) is 0 Å². The summed E-state index contributed by atoms with van der Waals surface area (Å²) >= 11 is 0. The van der Waals surface area contributed by atoms with E-state index in [2.05, 4.69) is 89.2 Å². The van der Waals surface area contributed by atoms with E-state index in [1.54, 1.807) is 0 Å². The van der Waals surface area contributed by atoms with E-state index in [1.807, 2.05) is 40.0 Å². The minimum atomic E-state index is 0. The summed E-state index contributed by atoms with van der Waals surface area (Å²) in [6, 6.07) is 23.7. The van der Waals surface area contributed by atoms with Crippen LogP contribution in [0.15, 0.2) is 72.6 Å². The predicted molar refractivity (Wildman–Crippen MR) is 182 cm³/mol. The van der Waals surface area contributed by atoms with Crippen LogP contribution in [0.25, 0.3) is 44.3 Å². The first-order valence-corrected chi connectivity index (χ1v) is 15.7. The van der Waals surface area contributed by atoms with Gasteiger partial charge in [0, 0.05) is 45.2 Å². The maximum Gasteiger partial charge on any atom is 0.159 e. The summed E-state index contributed by atoms with van der Waals surface area (Å²) in [7, 11) is 0. The van der Waals surface area contributed by atoms with Crippen LogP contribution in [-0.2, 0) is 31.3 Å². The first-order valence-electron chi connectivity index (χ1n) is 15.7. The van der Waals surface area contributed by atoms with Crippen molar-refractivity contribution in [3.63, 3.8) is 0 Å². The summed E-state index contributed by atoms with van der Waals surface area (Å²) in [5, 5.41) is 11.8. The number of aliphatic hydroxyl groups excluding tert-OH is 1. The van der Waals surface area contributed by atoms with Crippen molar-refractivity contribution in [3.05, 3.63) is 89.8 Å². The van der Waals surface area contributed by atoms with E-state index in [-0.39, 0.29) is 37.1 Å². The minimum absolute atomic E-state index is 0. The molecule has 3 nitrogen and oxygen atoms in total. The number of nitrogens with zero attached hydrogens (tertiary/aromatic N) is 1. The Hall–Kier alpha value is -3.07. The van der Waals surface area contributed by atoms with Gasteiger partial charge >= 0.3 is 0 Å². The molecule has 1 aliphatic rings. The van der Waals surface area contributed by atoms with Crippen molar-refractivity contribution in [1.29, 1.82) is 0 Å². The monoisotopic (exact) mass is 767 g/mol. The fourth-order valence-electron chi connectivity index (χ4n) is 5.83. The smallest absolute Gasteiger partial charge is 0.159 e. The van der Waals surface area contributed by atoms with Crippen molar-refractivity contribution in [1.82, 2.24) is 4.98 Å². The normalized spacial score (nSPS) is 12.3. The number of hydrogen-bond acceptors (Lipinski definition) is 3. The maximum absolute atomic E-state index is 11.2. The molecule has 0 aliphatic heterocycles. The molecule has 44 heavy (non-hydrogen) atoms. The largest absolute Gasteiger partial charge is 0.512 e. The fourth-order valence-corrected chi connectivity index (χ4v) is 5.83. The van der Waals surface area contributed by atoms with Gasteiger partial charge in [-0.05, 0) is 74.4 Å². The third-order valence-electron chi connectivity index (χ3n) is 7.60. The van der Waals surface area contributed by atoms with Crippen LogP contribution in [-0.4, -0.2) is 15.9 Å². The Kier molecular flexibility index (Phi) is 11.9. The van der Waals surface area contributed by atoms with Crippen molar-refractivity contribution >= 4 is 16.6 Å². The van der Waals surface area contributed by atoms with Gasteiger partial charge in [0.05, 0.1) is 5.76 Å². The van der Waals surface area contributed by atoms with Crippen molar-refractivity contribution in [3.8, 4) is 33.5 Å². The van der Waals surface area contributed by atoms with Gasteiger partial charge in [-0.25, -0.2) is 0 Å². The van der Waals surface area contributed by atoms with Crippen LogP contribution >= 0.6 is 0 Å². The topological polar surface area (TPSA) is 50.2 Å². The Morgan fingerprint density at radius 3 is 2.23 bits per heavy atom. The van der Waals surface area contributed by atoms with Crippen LogP contribution in [0.1, 0.15) is 92.2 Å². The maximum atomic E-state index is 11.2. The van der Waals surface area contributed by atoms with Crippen LogP contribution in [0.2, 0.25) is 0 Å². The fraction of sp³-hybridized carbons (Fsp3) is 0.400. The zero-order valence-electron chi connectivity index (χ0n) is 27.8. The van der Waals surface area contributed by atoms with Gasteiger partial charge in [0.15, 0.2) is 5.78 Å². The molecule has 0 atom stereocenters. The summed E-state index contributed by atoms with van der Waals surface area (Å²) in [5.41, 5.74) is 10.3. The van der Waals surface area contributed by atoms with E-state index in [0.717, 1.165) is 17.7 Å². The van der Waals surface area contributed by atoms with Crippen molar-refractivity contribution < 1.29 is 30.0 Å². The standard InChI is InChI=1S/C29H28N.C11H20O2.Ir/c1-18(2)21-15-20-12-13-30-28-24-9-7-6-8-22(24)25-14-19(17-29(3,4)5)10-11-23(25)26(16-21)27(20)28;1-8(2)5-10(12)7-11(13)6-9(3)4;/h6-8,10-16,18H,17H2,1-5H3;7-9,12H,5-6H2,1-4H3;/q-1;;/b;10-7-;. The molecule has 0 saturated heterocycles. The van der Waals surface area contributed by atoms with Crippen molar-refractivity contribution in [2.75, 3.05) is 0 Å². The van der Waals surface area contributed by atoms with E-state index >= 15 is 0 Å². The van der Waals surface area contributed by atoms with Gasteiger partial charge < -0.3 is 10.1 Å². The first-order chi connectivity index (χ1) is 20.2. The molecule has 4 heteroatoms. The van der Waals surface area contributed by atoms with Gasteiger partial charge in [-0.3, -0.25) is 4.79 Å². The second-order valence-corrected chi connectivity index (χ2v) is 14.4. The van der Waals surface area contributed by atoms with Crippen molar-refractivity contribution in [2.45, 2.75) is 87.5 Å². The second-order valence-electron chi connectivity index (χ2n) is 14.4. The Balaban J connectivity index is 0.000000324. The molecule has 0 bridgehead atoms. The Bertz CT molecular complexity index is 1640. The number of hydrogen-bond donors (Lipinski definition) is 1. The molecule has 1 radical (unpaired) electrons. The average molecular weight is 767 g/mol. The number of ketones is 1. The van der Waals surface area contributed by atoms with Gasteiger partial charge in [0.1, 0.15) is 0 Å². The van der Waals surface area contributed by atoms with Crippen LogP contribution < -0.4 is 0 Å². The second kappa shape index (κ2) is 14.8. The summed E-state index contributed by atoms with van der Waals surface area (Å²) in [4.78, 5) is 16.1. The Morgan fingerprint density at radius 2 is 1.59 bits per heavy atom. The number of pyridine rings is 1. The molecule has 3 aromatic carbocycles. The molecule has 0 unspecified atom stereocenters. The minimum Gasteiger partial charge on any atom is -0.512 e. The molecule has 0 saturated carbocycles. The van der Waals surface area contributed by atoms with Crippen LogP contribution in [0.5, 0.6) is 0 Å². The van der Waals surface area contributed by atoms with Gasteiger partial charge in [-0.15, -0.1) is 29.8 Å². The van der Waals surface area contributed by atoms with Crippen LogP contribution in [0.4, 0.5) is 0 Å². The predicted octanol–water partition coefficient (Wildman–Crippen LogP) is 11.1. The Labute approximate surface area is 278 Å². The van der Waals surface area contributed by atoms with E-state index in [4.69, 9.17) is 4.98 Å². The quantitative estimate of drug-likeness (QED) is 0.102. The summed E-state index contributed by atoms with van der Waals surface area (Å²) in [5.74, 6) is 1.45. The first kappa shape index (κ1) is 35.4. The molecule has 1 aromatic heterocycles. The van der Waals surface area contributed by atoms with Gasteiger partial charge in [-0.1, -0.05) is 104 Å². The number of allylic oxidation sites excluding steroid dienone is 2. The third kappa shape index (κ3) is 8.77. The molecule has 0 amide bonds. The zero-order chi connectivity index (χ0) is 31.5. The molecule has 235 valence electrons. The number of aliphatic hydroxyl groups is 1. The molecule has 1 aliphatic carbocycles. The average Bonchev–Trinajstić information content (AvgIpc) is 3.01. The van der Waals surface area contributed by atoms with E-state index in [0.29, 0.717) is 30.6 Å². The molecule has 1 heterocycles. The number of benzene rings is 3. The molecule has 1 N–H and O–H groups in total. The number of fused-ring (bicyclic) bond motifs is 5. The molecule has 4 aromatic rings. The zero-order valence-corrected chi connectivity index (χ0v) is 30.2. The summed E-state index contributed by atoms with van der Waals surface area (Å²) in [6.45, 7) is 19.4. The SMILES string of the molecule is CC(C)CC(=O)/C=C(\O)CC(C)C.CC(C)c1cc2c3c(nccc3c1)-c1[c-]cccc1-c1cc(CC(C)(C)C)ccc1-2.[Ir]. The summed E-state index contributed by atoms with van der Waals surface area (Å²) < 4.78 is 0. The van der Waals surface area contributed by atoms with Crippen LogP contribution in [0.3, 0.4) is 0 Å². The number of carbonyl (C=O) groups excluding carboxylic acids is 1. The van der Waals surface area contributed by atoms with Crippen molar-refractivity contribution in [2.24, 2.45) is 17.3 Å². The Morgan fingerprint density at radius 1 is 0.886 bits per heavy atom. The van der Waals surface area contributed by atoms with E-state index < -0.39 is 0 Å². The molecular weight excluding hydrogens is 719 g/mol. The molecule has 5 rings (SSSR count). The van der Waals surface area contributed by atoms with Crippen LogP contribution in [0, 0.1) is 23.3 Å². The van der Waals surface area contributed by atoms with E-state index in [1.165, 1.54) is 50.2 Å². The number of rotatable bonds is 7. The van der Waals surface area contributed by atoms with Gasteiger partial charge in [0.2, 0.25) is 0 Å². The molecule has 0 fully saturated rings. The number of aromatic nitrogens is 1. The molecule has 0 spiro atoms. The van der Waals surface area contributed by atoms with E-state index in [9.17, 15) is 9.90 Å². The molecular formula is C40H48IrNO2-. The van der Waals surface area contributed by atoms with Gasteiger partial charge in [0.25, 0.3) is 0 Å². The third-order valence-corrected chi connectivity index (χ3v) is 7.60.